The van der Waals surface area contributed by atoms with Crippen LogP contribution in [0.25, 0.3) is 0 Å². The number of hydrogen-bond donors (Lipinski definition) is 1. The second-order valence-corrected chi connectivity index (χ2v) is 4.28. The first-order chi connectivity index (χ1) is 8.90. The number of benzene rings is 2. The van der Waals surface area contributed by atoms with Gasteiger partial charge in [0.1, 0.15) is 11.4 Å². The first-order valence-corrected chi connectivity index (χ1v) is 6.29. The SMILES string of the molecule is CCCNN1c2ccccc2Oc2ccccc21. The summed E-state index contributed by atoms with van der Waals surface area (Å²) in [6.07, 6.45) is 1.09. The van der Waals surface area contributed by atoms with Crippen molar-refractivity contribution in [3.8, 4) is 11.5 Å². The van der Waals surface area contributed by atoms with Gasteiger partial charge in [0.25, 0.3) is 0 Å². The highest BCUT2D eigenvalue weighted by molar-refractivity contribution is 5.76. The minimum atomic E-state index is 0.889. The van der Waals surface area contributed by atoms with E-state index in [1.807, 2.05) is 36.4 Å². The van der Waals surface area contributed by atoms with Crippen LogP contribution in [0.3, 0.4) is 0 Å². The Morgan fingerprint density at radius 3 is 2.06 bits per heavy atom. The summed E-state index contributed by atoms with van der Waals surface area (Å²) in [4.78, 5) is 0. The Morgan fingerprint density at radius 1 is 0.944 bits per heavy atom. The van der Waals surface area contributed by atoms with Crippen LogP contribution < -0.4 is 15.2 Å². The van der Waals surface area contributed by atoms with E-state index in [1.54, 1.807) is 0 Å². The fourth-order valence-electron chi connectivity index (χ4n) is 2.10. The maximum Gasteiger partial charge on any atom is 0.152 e. The molecule has 1 heterocycles. The zero-order valence-corrected chi connectivity index (χ0v) is 10.4. The van der Waals surface area contributed by atoms with Crippen molar-refractivity contribution in [1.82, 2.24) is 5.43 Å². The zero-order chi connectivity index (χ0) is 12.4. The molecule has 0 aromatic heterocycles. The number of fused-ring (bicyclic) bond motifs is 2. The van der Waals surface area contributed by atoms with Crippen LogP contribution in [-0.4, -0.2) is 6.54 Å². The molecule has 2 aromatic rings. The molecule has 0 saturated carbocycles. The summed E-state index contributed by atoms with van der Waals surface area (Å²) in [5.41, 5.74) is 5.56. The average Bonchev–Trinajstić information content (AvgIpc) is 2.43. The molecule has 92 valence electrons. The lowest BCUT2D eigenvalue weighted by Crippen LogP contribution is -2.36. The second kappa shape index (κ2) is 4.70. The van der Waals surface area contributed by atoms with Crippen molar-refractivity contribution in [2.45, 2.75) is 13.3 Å². The molecule has 18 heavy (non-hydrogen) atoms. The van der Waals surface area contributed by atoms with Crippen molar-refractivity contribution in [3.05, 3.63) is 48.5 Å². The molecule has 1 N–H and O–H groups in total. The number of anilines is 2. The Kier molecular flexibility index (Phi) is 2.90. The van der Waals surface area contributed by atoms with Gasteiger partial charge in [-0.05, 0) is 30.7 Å². The summed E-state index contributed by atoms with van der Waals surface area (Å²) in [7, 11) is 0. The van der Waals surface area contributed by atoms with Crippen LogP contribution in [-0.2, 0) is 0 Å². The van der Waals surface area contributed by atoms with E-state index in [0.717, 1.165) is 35.8 Å². The Labute approximate surface area is 107 Å². The van der Waals surface area contributed by atoms with Crippen molar-refractivity contribution < 1.29 is 4.74 Å². The Hall–Kier alpha value is -2.00. The molecule has 0 aliphatic carbocycles. The molecule has 0 amide bonds. The van der Waals surface area contributed by atoms with E-state index in [-0.39, 0.29) is 0 Å². The molecule has 0 atom stereocenters. The van der Waals surface area contributed by atoms with Gasteiger partial charge in [0.05, 0.1) is 0 Å². The maximum atomic E-state index is 5.91. The minimum absolute atomic E-state index is 0.889. The van der Waals surface area contributed by atoms with E-state index >= 15 is 0 Å². The predicted octanol–water partition coefficient (Wildman–Crippen LogP) is 3.85. The zero-order valence-electron chi connectivity index (χ0n) is 10.4. The smallest absolute Gasteiger partial charge is 0.152 e. The summed E-state index contributed by atoms with van der Waals surface area (Å²) < 4.78 is 5.91. The first-order valence-electron chi connectivity index (χ1n) is 6.29. The second-order valence-electron chi connectivity index (χ2n) is 4.28. The lowest BCUT2D eigenvalue weighted by molar-refractivity contribution is 0.466. The van der Waals surface area contributed by atoms with Crippen LogP contribution in [0, 0.1) is 0 Å². The molecule has 0 unspecified atom stereocenters. The van der Waals surface area contributed by atoms with Crippen molar-refractivity contribution >= 4 is 11.4 Å². The molecule has 0 fully saturated rings. The maximum absolute atomic E-state index is 5.91. The van der Waals surface area contributed by atoms with Gasteiger partial charge in [-0.2, -0.15) is 0 Å². The average molecular weight is 240 g/mol. The van der Waals surface area contributed by atoms with Gasteiger partial charge in [-0.15, -0.1) is 0 Å². The van der Waals surface area contributed by atoms with Crippen LogP contribution in [0.15, 0.2) is 48.5 Å². The molecule has 1 aliphatic rings. The third-order valence-corrected chi connectivity index (χ3v) is 2.95. The van der Waals surface area contributed by atoms with Gasteiger partial charge in [0.2, 0.25) is 0 Å². The van der Waals surface area contributed by atoms with Gasteiger partial charge < -0.3 is 4.74 Å². The standard InChI is InChI=1S/C15H16N2O/c1-2-11-16-17-12-7-3-5-9-14(12)18-15-10-6-4-8-13(15)17/h3-10,16H,2,11H2,1H3. The van der Waals surface area contributed by atoms with Gasteiger partial charge in [0.15, 0.2) is 11.5 Å². The van der Waals surface area contributed by atoms with E-state index in [2.05, 4.69) is 29.5 Å². The minimum Gasteiger partial charge on any atom is -0.453 e. The fourth-order valence-corrected chi connectivity index (χ4v) is 2.10. The van der Waals surface area contributed by atoms with Gasteiger partial charge in [-0.1, -0.05) is 31.2 Å². The summed E-state index contributed by atoms with van der Waals surface area (Å²) in [5.74, 6) is 1.78. The topological polar surface area (TPSA) is 24.5 Å². The number of hydrazine groups is 1. The lowest BCUT2D eigenvalue weighted by Gasteiger charge is -2.32. The quantitative estimate of drug-likeness (QED) is 0.882. The highest BCUT2D eigenvalue weighted by Gasteiger charge is 2.22. The van der Waals surface area contributed by atoms with E-state index in [0.29, 0.717) is 0 Å². The summed E-state index contributed by atoms with van der Waals surface area (Å²) in [5, 5.41) is 2.11. The Morgan fingerprint density at radius 2 is 1.50 bits per heavy atom. The summed E-state index contributed by atoms with van der Waals surface area (Å²) >= 11 is 0. The van der Waals surface area contributed by atoms with Crippen LogP contribution in [0.1, 0.15) is 13.3 Å². The van der Waals surface area contributed by atoms with Crippen molar-refractivity contribution in [3.63, 3.8) is 0 Å². The Balaban J connectivity index is 2.05. The molecular formula is C15H16N2O. The summed E-state index contributed by atoms with van der Waals surface area (Å²) in [6, 6.07) is 16.1. The normalized spacial score (nSPS) is 12.6. The first kappa shape index (κ1) is 11.1. The molecule has 0 saturated heterocycles. The number of nitrogens with one attached hydrogen (secondary N) is 1. The largest absolute Gasteiger partial charge is 0.453 e. The molecule has 3 nitrogen and oxygen atoms in total. The number of nitrogens with zero attached hydrogens (tertiary/aromatic N) is 1. The van der Waals surface area contributed by atoms with Crippen LogP contribution in [0.5, 0.6) is 11.5 Å². The molecule has 1 aliphatic heterocycles. The molecule has 3 rings (SSSR count). The predicted molar refractivity (Wildman–Crippen MR) is 73.4 cm³/mol. The number of para-hydroxylation sites is 4. The lowest BCUT2D eigenvalue weighted by atomic mass is 10.2. The molecular weight excluding hydrogens is 224 g/mol. The number of hydrogen-bond acceptors (Lipinski definition) is 3. The molecule has 0 bridgehead atoms. The van der Waals surface area contributed by atoms with Crippen molar-refractivity contribution in [2.75, 3.05) is 11.6 Å². The van der Waals surface area contributed by atoms with Gasteiger partial charge in [0, 0.05) is 6.54 Å². The molecule has 0 spiro atoms. The van der Waals surface area contributed by atoms with Gasteiger partial charge in [-0.3, -0.25) is 5.01 Å². The van der Waals surface area contributed by atoms with E-state index in [9.17, 15) is 0 Å². The molecule has 0 radical (unpaired) electrons. The van der Waals surface area contributed by atoms with Crippen molar-refractivity contribution in [1.29, 1.82) is 0 Å². The highest BCUT2D eigenvalue weighted by atomic mass is 16.5. The number of rotatable bonds is 3. The summed E-state index contributed by atoms with van der Waals surface area (Å²) in [6.45, 7) is 3.09. The third kappa shape index (κ3) is 1.83. The highest BCUT2D eigenvalue weighted by Crippen LogP contribution is 2.44. The third-order valence-electron chi connectivity index (χ3n) is 2.95. The fraction of sp³-hybridized carbons (Fsp3) is 0.200. The van der Waals surface area contributed by atoms with Gasteiger partial charge in [-0.25, -0.2) is 5.43 Å². The molecule has 2 aromatic carbocycles. The van der Waals surface area contributed by atoms with Crippen LogP contribution >= 0.6 is 0 Å². The van der Waals surface area contributed by atoms with Gasteiger partial charge >= 0.3 is 0 Å². The van der Waals surface area contributed by atoms with E-state index < -0.39 is 0 Å². The van der Waals surface area contributed by atoms with E-state index in [4.69, 9.17) is 4.74 Å². The molecule has 3 heteroatoms. The number of ether oxygens (including phenoxy) is 1. The van der Waals surface area contributed by atoms with Crippen molar-refractivity contribution in [2.24, 2.45) is 0 Å². The van der Waals surface area contributed by atoms with E-state index in [1.165, 1.54) is 0 Å². The van der Waals surface area contributed by atoms with Crippen LogP contribution in [0.2, 0.25) is 0 Å². The van der Waals surface area contributed by atoms with Crippen LogP contribution in [0.4, 0.5) is 11.4 Å². The Bertz CT molecular complexity index is 508. The monoisotopic (exact) mass is 240 g/mol.